The molecule has 0 saturated carbocycles. The number of carbonyl (C=O) groups is 1. The molecule has 1 fully saturated rings. The Hall–Kier alpha value is -2.77. The molecule has 0 atom stereocenters. The van der Waals surface area contributed by atoms with Crippen LogP contribution in [0.4, 0.5) is 15.8 Å². The van der Waals surface area contributed by atoms with Crippen molar-refractivity contribution in [2.24, 2.45) is 0 Å². The molecular formula is C24H25ClFN3O3. The van der Waals surface area contributed by atoms with Crippen LogP contribution in [-0.2, 0) is 5.41 Å². The number of allylic oxidation sites excluding steroid dienone is 1. The number of rotatable bonds is 4. The highest BCUT2D eigenvalue weighted by atomic mass is 35.5. The largest absolute Gasteiger partial charge is 0.307 e. The predicted octanol–water partition coefficient (Wildman–Crippen LogP) is 5.35. The quantitative estimate of drug-likeness (QED) is 0.352. The van der Waals surface area contributed by atoms with E-state index in [1.54, 1.807) is 17.0 Å². The molecule has 6 nitrogen and oxygen atoms in total. The molecule has 2 aliphatic rings. The van der Waals surface area contributed by atoms with Crippen LogP contribution in [0.5, 0.6) is 0 Å². The van der Waals surface area contributed by atoms with Crippen molar-refractivity contribution < 1.29 is 14.1 Å². The molecule has 4 rings (SSSR count). The molecule has 0 aromatic heterocycles. The summed E-state index contributed by atoms with van der Waals surface area (Å²) < 4.78 is 14.2. The van der Waals surface area contributed by atoms with Gasteiger partial charge in [0.1, 0.15) is 10.8 Å². The Kier molecular flexibility index (Phi) is 6.05. The van der Waals surface area contributed by atoms with Crippen LogP contribution in [0.25, 0.3) is 0 Å². The van der Waals surface area contributed by atoms with E-state index in [-0.39, 0.29) is 33.4 Å². The van der Waals surface area contributed by atoms with Crippen molar-refractivity contribution in [3.8, 4) is 0 Å². The maximum Gasteiger partial charge on any atom is 0.288 e. The van der Waals surface area contributed by atoms with Crippen LogP contribution in [0.15, 0.2) is 48.0 Å². The molecule has 1 amide bonds. The fourth-order valence-electron chi connectivity index (χ4n) is 4.67. The molecule has 0 radical (unpaired) electrons. The van der Waals surface area contributed by atoms with Crippen molar-refractivity contribution in [1.82, 2.24) is 4.90 Å². The molecule has 2 aromatic rings. The van der Waals surface area contributed by atoms with Crippen molar-refractivity contribution in [3.05, 3.63) is 80.1 Å². The van der Waals surface area contributed by atoms with Gasteiger partial charge in [0.15, 0.2) is 0 Å². The topological polar surface area (TPSA) is 66.7 Å². The Balaban J connectivity index is 1.64. The van der Waals surface area contributed by atoms with E-state index in [9.17, 15) is 19.3 Å². The monoisotopic (exact) mass is 457 g/mol. The summed E-state index contributed by atoms with van der Waals surface area (Å²) >= 11 is 5.91. The number of fused-ring (bicyclic) bond motifs is 2. The van der Waals surface area contributed by atoms with Crippen molar-refractivity contribution in [2.75, 3.05) is 31.1 Å². The minimum Gasteiger partial charge on any atom is -0.307 e. The zero-order valence-electron chi connectivity index (χ0n) is 18.1. The van der Waals surface area contributed by atoms with Gasteiger partial charge in [0, 0.05) is 35.8 Å². The highest BCUT2D eigenvalue weighted by Gasteiger charge is 2.46. The minimum absolute atomic E-state index is 0.0179. The Labute approximate surface area is 191 Å². The molecular weight excluding hydrogens is 433 g/mol. The number of halogens is 2. The fraction of sp³-hybridized carbons (Fsp3) is 0.375. The average molecular weight is 458 g/mol. The lowest BCUT2D eigenvalue weighted by Gasteiger charge is -2.39. The van der Waals surface area contributed by atoms with Gasteiger partial charge in [0.2, 0.25) is 0 Å². The average Bonchev–Trinajstić information content (AvgIpc) is 3.06. The lowest BCUT2D eigenvalue weighted by molar-refractivity contribution is -0.384. The number of amides is 1. The van der Waals surface area contributed by atoms with E-state index in [2.05, 4.69) is 24.8 Å². The summed E-state index contributed by atoms with van der Waals surface area (Å²) in [7, 11) is 0. The van der Waals surface area contributed by atoms with Crippen LogP contribution in [0.3, 0.4) is 0 Å². The van der Waals surface area contributed by atoms with Crippen molar-refractivity contribution in [3.63, 3.8) is 0 Å². The van der Waals surface area contributed by atoms with Gasteiger partial charge in [-0.2, -0.15) is 0 Å². The van der Waals surface area contributed by atoms with Crippen molar-refractivity contribution in [1.29, 1.82) is 0 Å². The second kappa shape index (κ2) is 8.64. The summed E-state index contributed by atoms with van der Waals surface area (Å²) in [6.07, 6.45) is 3.82. The first kappa shape index (κ1) is 22.4. The van der Waals surface area contributed by atoms with Gasteiger partial charge in [-0.3, -0.25) is 19.8 Å². The Bertz CT molecular complexity index is 1110. The van der Waals surface area contributed by atoms with Crippen LogP contribution in [-0.4, -0.2) is 41.9 Å². The first-order valence-corrected chi connectivity index (χ1v) is 11.0. The first-order chi connectivity index (χ1) is 15.2. The van der Waals surface area contributed by atoms with Gasteiger partial charge < -0.3 is 4.90 Å². The third-order valence-corrected chi connectivity index (χ3v) is 6.81. The SMILES string of the molecule is CC(C)=CCN1CCC2(CC1)CN(C(=O)c1ccc(Cl)c([N+](=O)[O-])c1)c1ccc(F)cc12. The highest BCUT2D eigenvalue weighted by Crippen LogP contribution is 2.48. The summed E-state index contributed by atoms with van der Waals surface area (Å²) in [6.45, 7) is 7.17. The lowest BCUT2D eigenvalue weighted by atomic mass is 9.74. The number of benzene rings is 2. The third kappa shape index (κ3) is 4.14. The molecule has 1 spiro atoms. The molecule has 2 aliphatic heterocycles. The second-order valence-corrected chi connectivity index (χ2v) is 9.25. The molecule has 0 bridgehead atoms. The highest BCUT2D eigenvalue weighted by molar-refractivity contribution is 6.32. The van der Waals surface area contributed by atoms with Crippen LogP contribution in [0.2, 0.25) is 5.02 Å². The molecule has 1 saturated heterocycles. The Morgan fingerprint density at radius 1 is 1.22 bits per heavy atom. The van der Waals surface area contributed by atoms with E-state index in [0.29, 0.717) is 12.2 Å². The standard InChI is InChI=1S/C24H25ClFN3O3/c1-16(2)7-10-27-11-8-24(9-12-27)15-28(21-6-4-18(26)14-19(21)24)23(30)17-3-5-20(25)22(13-17)29(31)32/h3-7,13-14H,8-12,15H2,1-2H3. The van der Waals surface area contributed by atoms with Gasteiger partial charge in [-0.25, -0.2) is 4.39 Å². The van der Waals surface area contributed by atoms with Gasteiger partial charge >= 0.3 is 0 Å². The summed E-state index contributed by atoms with van der Waals surface area (Å²) in [6, 6.07) is 8.60. The van der Waals surface area contributed by atoms with Gasteiger partial charge in [0.25, 0.3) is 11.6 Å². The number of nitro groups is 1. The summed E-state index contributed by atoms with van der Waals surface area (Å²) in [4.78, 5) is 28.1. The zero-order valence-corrected chi connectivity index (χ0v) is 18.9. The van der Waals surface area contributed by atoms with E-state index in [1.807, 2.05) is 0 Å². The second-order valence-electron chi connectivity index (χ2n) is 8.84. The third-order valence-electron chi connectivity index (χ3n) is 6.49. The number of nitrogens with zero attached hydrogens (tertiary/aromatic N) is 3. The number of piperidine rings is 1. The number of nitro benzene ring substituents is 1. The maximum absolute atomic E-state index is 14.2. The number of hydrogen-bond donors (Lipinski definition) is 0. The fourth-order valence-corrected chi connectivity index (χ4v) is 4.85. The van der Waals surface area contributed by atoms with E-state index in [0.717, 1.165) is 38.0 Å². The number of likely N-dealkylation sites (tertiary alicyclic amines) is 1. The van der Waals surface area contributed by atoms with Crippen molar-refractivity contribution in [2.45, 2.75) is 32.1 Å². The smallest absolute Gasteiger partial charge is 0.288 e. The van der Waals surface area contributed by atoms with Gasteiger partial charge in [-0.1, -0.05) is 23.3 Å². The van der Waals surface area contributed by atoms with E-state index in [4.69, 9.17) is 11.6 Å². The molecule has 8 heteroatoms. The molecule has 2 heterocycles. The molecule has 0 aliphatic carbocycles. The number of anilines is 1. The van der Waals surface area contributed by atoms with Crippen LogP contribution in [0, 0.1) is 15.9 Å². The molecule has 0 N–H and O–H groups in total. The van der Waals surface area contributed by atoms with Crippen LogP contribution < -0.4 is 4.90 Å². The van der Waals surface area contributed by atoms with Gasteiger partial charge in [-0.05, 0) is 75.7 Å². The van der Waals surface area contributed by atoms with E-state index < -0.39 is 4.92 Å². The summed E-state index contributed by atoms with van der Waals surface area (Å²) in [5.74, 6) is -0.673. The van der Waals surface area contributed by atoms with Crippen LogP contribution >= 0.6 is 11.6 Å². The summed E-state index contributed by atoms with van der Waals surface area (Å²) in [5, 5.41) is 11.2. The van der Waals surface area contributed by atoms with Crippen molar-refractivity contribution >= 4 is 28.9 Å². The normalized spacial score (nSPS) is 17.3. The van der Waals surface area contributed by atoms with Gasteiger partial charge in [0.05, 0.1) is 4.92 Å². The molecule has 2 aromatic carbocycles. The molecule has 32 heavy (non-hydrogen) atoms. The molecule has 0 unspecified atom stereocenters. The molecule has 168 valence electrons. The minimum atomic E-state index is -0.601. The predicted molar refractivity (Wildman–Crippen MR) is 123 cm³/mol. The first-order valence-electron chi connectivity index (χ1n) is 10.6. The van der Waals surface area contributed by atoms with E-state index in [1.165, 1.54) is 29.8 Å². The Morgan fingerprint density at radius 3 is 2.59 bits per heavy atom. The number of hydrogen-bond acceptors (Lipinski definition) is 4. The Morgan fingerprint density at radius 2 is 1.94 bits per heavy atom. The zero-order chi connectivity index (χ0) is 23.0. The lowest BCUT2D eigenvalue weighted by Crippen LogP contribution is -2.46. The summed E-state index contributed by atoms with van der Waals surface area (Å²) in [5.41, 5.74) is 2.34. The van der Waals surface area contributed by atoms with Crippen LogP contribution in [0.1, 0.15) is 42.6 Å². The van der Waals surface area contributed by atoms with Gasteiger partial charge in [-0.15, -0.1) is 0 Å². The number of carbonyl (C=O) groups excluding carboxylic acids is 1. The van der Waals surface area contributed by atoms with E-state index >= 15 is 0 Å². The maximum atomic E-state index is 14.2.